The molecule has 0 atom stereocenters. The van der Waals surface area contributed by atoms with E-state index in [1.807, 2.05) is 12.1 Å². The van der Waals surface area contributed by atoms with E-state index in [4.69, 9.17) is 0 Å². The lowest BCUT2D eigenvalue weighted by molar-refractivity contribution is 0.0952. The minimum atomic E-state index is -0.00662. The highest BCUT2D eigenvalue weighted by Crippen LogP contribution is 2.13. The van der Waals surface area contributed by atoms with Crippen LogP contribution in [0.4, 0.5) is 5.82 Å². The Morgan fingerprint density at radius 3 is 2.00 bits per heavy atom. The molecule has 1 aliphatic rings. The number of alkyl halides is 1. The molecule has 1 aromatic heterocycles. The monoisotopic (exact) mass is 528 g/mol. The second-order valence-electron chi connectivity index (χ2n) is 8.33. The number of halogens is 1. The van der Waals surface area contributed by atoms with Crippen LogP contribution in [0.25, 0.3) is 0 Å². The molecule has 0 aliphatic carbocycles. The molecule has 0 saturated carbocycles. The molecule has 0 spiro atoms. The Morgan fingerprint density at radius 2 is 1.47 bits per heavy atom. The first-order valence-electron chi connectivity index (χ1n) is 12.1. The predicted octanol–water partition coefficient (Wildman–Crippen LogP) is 5.34. The van der Waals surface area contributed by atoms with E-state index >= 15 is 0 Å². The number of aromatic nitrogens is 1. The van der Waals surface area contributed by atoms with Gasteiger partial charge in [0.25, 0.3) is 5.91 Å². The fraction of sp³-hybridized carbons (Fsp3) is 0.750. The SMILES string of the molecule is O=C(NCCCCCCCCCCCCCCI)c1ccc(N2CCNCC2)nc1. The predicted molar refractivity (Wildman–Crippen MR) is 136 cm³/mol. The molecule has 0 unspecified atom stereocenters. The topological polar surface area (TPSA) is 57.3 Å². The van der Waals surface area contributed by atoms with Gasteiger partial charge in [0, 0.05) is 38.9 Å². The summed E-state index contributed by atoms with van der Waals surface area (Å²) in [7, 11) is 0. The summed E-state index contributed by atoms with van der Waals surface area (Å²) in [6, 6.07) is 3.86. The fourth-order valence-corrected chi connectivity index (χ4v) is 4.43. The number of nitrogens with one attached hydrogen (secondary N) is 2. The first kappa shape index (κ1) is 25.4. The van der Waals surface area contributed by atoms with Crippen molar-refractivity contribution in [2.75, 3.05) is 42.1 Å². The zero-order valence-electron chi connectivity index (χ0n) is 18.6. The number of amides is 1. The van der Waals surface area contributed by atoms with E-state index in [-0.39, 0.29) is 5.91 Å². The Labute approximate surface area is 197 Å². The van der Waals surface area contributed by atoms with Crippen LogP contribution in [0, 0.1) is 0 Å². The Hall–Kier alpha value is -0.890. The number of carbonyl (C=O) groups is 1. The lowest BCUT2D eigenvalue weighted by Gasteiger charge is -2.28. The van der Waals surface area contributed by atoms with Gasteiger partial charge in [0.15, 0.2) is 0 Å². The molecule has 5 nitrogen and oxygen atoms in total. The van der Waals surface area contributed by atoms with Crippen LogP contribution in [0.2, 0.25) is 0 Å². The molecule has 1 aromatic rings. The van der Waals surface area contributed by atoms with E-state index in [9.17, 15) is 4.79 Å². The quantitative estimate of drug-likeness (QED) is 0.173. The van der Waals surface area contributed by atoms with E-state index in [0.29, 0.717) is 5.56 Å². The van der Waals surface area contributed by atoms with Crippen molar-refractivity contribution >= 4 is 34.3 Å². The van der Waals surface area contributed by atoms with Crippen LogP contribution in [-0.2, 0) is 0 Å². The Balaban J connectivity index is 1.43. The van der Waals surface area contributed by atoms with Crippen LogP contribution < -0.4 is 15.5 Å². The molecule has 0 radical (unpaired) electrons. The molecule has 2 rings (SSSR count). The summed E-state index contributed by atoms with van der Waals surface area (Å²) < 4.78 is 1.31. The third-order valence-corrected chi connectivity index (χ3v) is 6.56. The molecule has 2 N–H and O–H groups in total. The average Bonchev–Trinajstić information content (AvgIpc) is 2.80. The van der Waals surface area contributed by atoms with Crippen molar-refractivity contribution in [2.45, 2.75) is 77.0 Å². The van der Waals surface area contributed by atoms with Crippen molar-refractivity contribution in [1.29, 1.82) is 0 Å². The normalized spacial score (nSPS) is 14.1. The van der Waals surface area contributed by atoms with Gasteiger partial charge in [-0.15, -0.1) is 0 Å². The number of carbonyl (C=O) groups excluding carboxylic acids is 1. The minimum absolute atomic E-state index is 0.00662. The van der Waals surface area contributed by atoms with Gasteiger partial charge in [-0.05, 0) is 29.4 Å². The Kier molecular flexibility index (Phi) is 14.2. The Bertz CT molecular complexity index is 561. The van der Waals surface area contributed by atoms with Crippen molar-refractivity contribution in [3.8, 4) is 0 Å². The number of pyridine rings is 1. The van der Waals surface area contributed by atoms with Gasteiger partial charge in [-0.3, -0.25) is 4.79 Å². The van der Waals surface area contributed by atoms with Crippen molar-refractivity contribution in [3.63, 3.8) is 0 Å². The van der Waals surface area contributed by atoms with Crippen molar-refractivity contribution in [2.24, 2.45) is 0 Å². The van der Waals surface area contributed by atoms with Crippen molar-refractivity contribution in [3.05, 3.63) is 23.9 Å². The number of nitrogens with zero attached hydrogens (tertiary/aromatic N) is 2. The summed E-state index contributed by atoms with van der Waals surface area (Å²) in [6.07, 6.45) is 17.8. The molecule has 1 amide bonds. The molecule has 2 heterocycles. The molecule has 30 heavy (non-hydrogen) atoms. The molecule has 0 aromatic carbocycles. The van der Waals surface area contributed by atoms with Gasteiger partial charge in [-0.25, -0.2) is 4.98 Å². The van der Waals surface area contributed by atoms with Gasteiger partial charge < -0.3 is 15.5 Å². The van der Waals surface area contributed by atoms with Crippen LogP contribution in [0.3, 0.4) is 0 Å². The van der Waals surface area contributed by atoms with Crippen LogP contribution in [0.5, 0.6) is 0 Å². The summed E-state index contributed by atoms with van der Waals surface area (Å²) in [6.45, 7) is 4.68. The largest absolute Gasteiger partial charge is 0.354 e. The van der Waals surface area contributed by atoms with E-state index in [0.717, 1.165) is 45.0 Å². The number of hydrogen-bond donors (Lipinski definition) is 2. The van der Waals surface area contributed by atoms with E-state index in [1.54, 1.807) is 6.20 Å². The van der Waals surface area contributed by atoms with E-state index < -0.39 is 0 Å². The lowest BCUT2D eigenvalue weighted by atomic mass is 10.1. The van der Waals surface area contributed by atoms with Crippen molar-refractivity contribution < 1.29 is 4.79 Å². The number of rotatable bonds is 16. The first-order valence-corrected chi connectivity index (χ1v) is 13.6. The maximum atomic E-state index is 12.3. The van der Waals surface area contributed by atoms with Crippen LogP contribution in [0.1, 0.15) is 87.4 Å². The molecule has 1 aliphatic heterocycles. The standard InChI is InChI=1S/C24H41IN4O/c25-15-11-9-7-5-3-1-2-4-6-8-10-12-16-27-24(30)22-13-14-23(28-21-22)29-19-17-26-18-20-29/h13-14,21,26H,1-12,15-20H2,(H,27,30). The first-order chi connectivity index (χ1) is 14.8. The second kappa shape index (κ2) is 16.8. The van der Waals surface area contributed by atoms with Gasteiger partial charge in [-0.2, -0.15) is 0 Å². The van der Waals surface area contributed by atoms with E-state index in [2.05, 4.69) is 43.1 Å². The molecule has 6 heteroatoms. The summed E-state index contributed by atoms with van der Waals surface area (Å²) in [5.41, 5.74) is 0.656. The Morgan fingerprint density at radius 1 is 0.900 bits per heavy atom. The molecule has 170 valence electrons. The fourth-order valence-electron chi connectivity index (χ4n) is 3.89. The number of hydrogen-bond acceptors (Lipinski definition) is 4. The van der Waals surface area contributed by atoms with Crippen LogP contribution >= 0.6 is 22.6 Å². The van der Waals surface area contributed by atoms with Crippen LogP contribution in [-0.4, -0.2) is 48.0 Å². The van der Waals surface area contributed by atoms with E-state index in [1.165, 1.54) is 75.1 Å². The lowest BCUT2D eigenvalue weighted by Crippen LogP contribution is -2.43. The number of anilines is 1. The molecule has 1 saturated heterocycles. The van der Waals surface area contributed by atoms with Crippen LogP contribution in [0.15, 0.2) is 18.3 Å². The van der Waals surface area contributed by atoms with Gasteiger partial charge in [-0.1, -0.05) is 86.8 Å². The summed E-state index contributed by atoms with van der Waals surface area (Å²) in [5, 5.41) is 6.38. The molecular weight excluding hydrogens is 487 g/mol. The third-order valence-electron chi connectivity index (χ3n) is 5.80. The molecule has 0 bridgehead atoms. The zero-order valence-corrected chi connectivity index (χ0v) is 20.8. The van der Waals surface area contributed by atoms with Gasteiger partial charge in [0.2, 0.25) is 0 Å². The maximum Gasteiger partial charge on any atom is 0.252 e. The highest BCUT2D eigenvalue weighted by atomic mass is 127. The van der Waals surface area contributed by atoms with Crippen molar-refractivity contribution in [1.82, 2.24) is 15.6 Å². The summed E-state index contributed by atoms with van der Waals surface area (Å²) in [5.74, 6) is 0.956. The second-order valence-corrected chi connectivity index (χ2v) is 9.41. The van der Waals surface area contributed by atoms with Gasteiger partial charge >= 0.3 is 0 Å². The third kappa shape index (κ3) is 10.9. The maximum absolute atomic E-state index is 12.3. The number of piperazine rings is 1. The highest BCUT2D eigenvalue weighted by Gasteiger charge is 2.12. The van der Waals surface area contributed by atoms with Gasteiger partial charge in [0.05, 0.1) is 5.56 Å². The molecular formula is C24H41IN4O. The highest BCUT2D eigenvalue weighted by molar-refractivity contribution is 14.1. The smallest absolute Gasteiger partial charge is 0.252 e. The minimum Gasteiger partial charge on any atom is -0.354 e. The van der Waals surface area contributed by atoms with Gasteiger partial charge in [0.1, 0.15) is 5.82 Å². The zero-order chi connectivity index (χ0) is 21.3. The average molecular weight is 529 g/mol. The molecule has 1 fully saturated rings. The summed E-state index contributed by atoms with van der Waals surface area (Å²) >= 11 is 2.47. The summed E-state index contributed by atoms with van der Waals surface area (Å²) in [4.78, 5) is 19.0. The number of unbranched alkanes of at least 4 members (excludes halogenated alkanes) is 11.